The fourth-order valence-electron chi connectivity index (χ4n) is 1.74. The van der Waals surface area contributed by atoms with E-state index >= 15 is 0 Å². The van der Waals surface area contributed by atoms with Crippen LogP contribution in [0, 0.1) is 12.8 Å². The highest BCUT2D eigenvalue weighted by atomic mass is 16.2. The molecule has 0 aromatic carbocycles. The van der Waals surface area contributed by atoms with Crippen LogP contribution in [0.3, 0.4) is 0 Å². The molecule has 96 valence electrons. The van der Waals surface area contributed by atoms with Crippen molar-refractivity contribution in [2.24, 2.45) is 11.7 Å². The van der Waals surface area contributed by atoms with E-state index in [1.807, 2.05) is 11.8 Å². The molecule has 0 unspecified atom stereocenters. The van der Waals surface area contributed by atoms with Gasteiger partial charge in [0.2, 0.25) is 0 Å². The van der Waals surface area contributed by atoms with Crippen molar-refractivity contribution in [2.75, 3.05) is 19.6 Å². The number of rotatable bonds is 6. The van der Waals surface area contributed by atoms with Crippen molar-refractivity contribution in [1.29, 1.82) is 0 Å². The first kappa shape index (κ1) is 13.7. The zero-order chi connectivity index (χ0) is 12.8. The number of carbonyl (C=O) groups excluding carboxylic acids is 1. The molecular formula is C12H22N4O. The molecule has 0 fully saturated rings. The minimum Gasteiger partial charge on any atom is -0.338 e. The second-order valence-electron chi connectivity index (χ2n) is 4.70. The van der Waals surface area contributed by atoms with Crippen LogP contribution in [0.15, 0.2) is 6.20 Å². The summed E-state index contributed by atoms with van der Waals surface area (Å²) in [5.74, 6) is 0.488. The van der Waals surface area contributed by atoms with Gasteiger partial charge in [-0.15, -0.1) is 0 Å². The quantitative estimate of drug-likeness (QED) is 0.781. The maximum absolute atomic E-state index is 12.3. The van der Waals surface area contributed by atoms with Crippen molar-refractivity contribution in [3.63, 3.8) is 0 Å². The normalized spacial score (nSPS) is 10.9. The molecule has 5 heteroatoms. The highest BCUT2D eigenvalue weighted by molar-refractivity contribution is 5.95. The van der Waals surface area contributed by atoms with Gasteiger partial charge in [0.25, 0.3) is 5.91 Å². The Morgan fingerprint density at radius 1 is 1.59 bits per heavy atom. The van der Waals surface area contributed by atoms with E-state index in [2.05, 4.69) is 24.0 Å². The fraction of sp³-hybridized carbons (Fsp3) is 0.667. The number of aromatic amines is 1. The minimum absolute atomic E-state index is 0.0402. The lowest BCUT2D eigenvalue weighted by Gasteiger charge is -2.24. The molecule has 0 aliphatic carbocycles. The van der Waals surface area contributed by atoms with Crippen molar-refractivity contribution in [1.82, 2.24) is 15.1 Å². The Labute approximate surface area is 102 Å². The van der Waals surface area contributed by atoms with Crippen molar-refractivity contribution in [2.45, 2.75) is 27.2 Å². The van der Waals surface area contributed by atoms with Gasteiger partial charge in [-0.25, -0.2) is 0 Å². The molecule has 1 amide bonds. The number of H-pyrrole nitrogens is 1. The van der Waals surface area contributed by atoms with Crippen LogP contribution >= 0.6 is 0 Å². The lowest BCUT2D eigenvalue weighted by Crippen LogP contribution is -2.36. The minimum atomic E-state index is 0.0402. The van der Waals surface area contributed by atoms with Crippen molar-refractivity contribution in [3.8, 4) is 0 Å². The number of hydrogen-bond acceptors (Lipinski definition) is 3. The Bertz CT molecular complexity index is 359. The van der Waals surface area contributed by atoms with Crippen LogP contribution in [0.2, 0.25) is 0 Å². The largest absolute Gasteiger partial charge is 0.338 e. The van der Waals surface area contributed by atoms with Crippen LogP contribution in [0.5, 0.6) is 0 Å². The molecule has 0 saturated carbocycles. The molecule has 0 aliphatic heterocycles. The van der Waals surface area contributed by atoms with E-state index in [1.165, 1.54) is 0 Å². The molecule has 1 aromatic rings. The highest BCUT2D eigenvalue weighted by Crippen LogP contribution is 2.10. The first-order valence-corrected chi connectivity index (χ1v) is 6.05. The molecule has 3 N–H and O–H groups in total. The van der Waals surface area contributed by atoms with Crippen LogP contribution in [-0.4, -0.2) is 40.6 Å². The molecule has 5 nitrogen and oxygen atoms in total. The molecule has 0 bridgehead atoms. The molecule has 0 saturated heterocycles. The SMILES string of the molecule is Cc1[nH]ncc1C(=O)N(CCCN)CC(C)C. The van der Waals surface area contributed by atoms with Crippen LogP contribution < -0.4 is 5.73 Å². The van der Waals surface area contributed by atoms with Gasteiger partial charge in [-0.2, -0.15) is 5.10 Å². The standard InChI is InChI=1S/C12H22N4O/c1-9(2)8-16(6-4-5-13)12(17)11-7-14-15-10(11)3/h7,9H,4-6,8,13H2,1-3H3,(H,14,15). The summed E-state index contributed by atoms with van der Waals surface area (Å²) in [6.07, 6.45) is 2.42. The van der Waals surface area contributed by atoms with Crippen molar-refractivity contribution >= 4 is 5.91 Å². The second kappa shape index (κ2) is 6.39. The monoisotopic (exact) mass is 238 g/mol. The average Bonchev–Trinajstić information content (AvgIpc) is 2.69. The first-order valence-electron chi connectivity index (χ1n) is 6.05. The summed E-state index contributed by atoms with van der Waals surface area (Å²) in [6, 6.07) is 0. The van der Waals surface area contributed by atoms with Gasteiger partial charge in [0.05, 0.1) is 11.8 Å². The van der Waals surface area contributed by atoms with Crippen LogP contribution in [0.1, 0.15) is 36.3 Å². The van der Waals surface area contributed by atoms with Gasteiger partial charge in [-0.1, -0.05) is 13.8 Å². The molecule has 0 aliphatic rings. The smallest absolute Gasteiger partial charge is 0.257 e. The third-order valence-electron chi connectivity index (χ3n) is 2.57. The maximum atomic E-state index is 12.3. The van der Waals surface area contributed by atoms with E-state index in [1.54, 1.807) is 6.20 Å². The molecule has 1 heterocycles. The Morgan fingerprint density at radius 3 is 2.76 bits per heavy atom. The van der Waals surface area contributed by atoms with Gasteiger partial charge in [-0.3, -0.25) is 9.89 Å². The zero-order valence-corrected chi connectivity index (χ0v) is 10.9. The van der Waals surface area contributed by atoms with E-state index in [9.17, 15) is 4.79 Å². The number of nitrogens with two attached hydrogens (primary N) is 1. The highest BCUT2D eigenvalue weighted by Gasteiger charge is 2.19. The topological polar surface area (TPSA) is 75.0 Å². The first-order chi connectivity index (χ1) is 8.06. The summed E-state index contributed by atoms with van der Waals surface area (Å²) in [6.45, 7) is 8.13. The lowest BCUT2D eigenvalue weighted by atomic mass is 10.1. The fourth-order valence-corrected chi connectivity index (χ4v) is 1.74. The van der Waals surface area contributed by atoms with E-state index in [4.69, 9.17) is 5.73 Å². The molecule has 0 spiro atoms. The number of nitrogens with one attached hydrogen (secondary N) is 1. The van der Waals surface area contributed by atoms with Gasteiger partial charge in [0.1, 0.15) is 0 Å². The Kier molecular flexibility index (Phi) is 5.15. The summed E-state index contributed by atoms with van der Waals surface area (Å²) >= 11 is 0. The third kappa shape index (κ3) is 3.85. The number of hydrogen-bond donors (Lipinski definition) is 2. The predicted octanol–water partition coefficient (Wildman–Crippen LogP) is 1.17. The second-order valence-corrected chi connectivity index (χ2v) is 4.70. The number of aromatic nitrogens is 2. The lowest BCUT2D eigenvalue weighted by molar-refractivity contribution is 0.0734. The molecule has 0 radical (unpaired) electrons. The third-order valence-corrected chi connectivity index (χ3v) is 2.57. The molecule has 1 rings (SSSR count). The van der Waals surface area contributed by atoms with Gasteiger partial charge in [-0.05, 0) is 25.8 Å². The summed E-state index contributed by atoms with van der Waals surface area (Å²) in [4.78, 5) is 14.1. The number of amides is 1. The molecular weight excluding hydrogens is 216 g/mol. The summed E-state index contributed by atoms with van der Waals surface area (Å²) < 4.78 is 0. The Morgan fingerprint density at radius 2 is 2.29 bits per heavy atom. The van der Waals surface area contributed by atoms with Gasteiger partial charge < -0.3 is 10.6 Å². The molecule has 1 aromatic heterocycles. The zero-order valence-electron chi connectivity index (χ0n) is 10.9. The van der Waals surface area contributed by atoms with Crippen molar-refractivity contribution in [3.05, 3.63) is 17.5 Å². The number of aryl methyl sites for hydroxylation is 1. The Hall–Kier alpha value is -1.36. The van der Waals surface area contributed by atoms with Crippen LogP contribution in [0.4, 0.5) is 0 Å². The van der Waals surface area contributed by atoms with Crippen LogP contribution in [0.25, 0.3) is 0 Å². The Balaban J connectivity index is 2.75. The number of carbonyl (C=O) groups is 1. The predicted molar refractivity (Wildman–Crippen MR) is 67.7 cm³/mol. The number of nitrogens with zero attached hydrogens (tertiary/aromatic N) is 2. The van der Waals surface area contributed by atoms with Gasteiger partial charge >= 0.3 is 0 Å². The van der Waals surface area contributed by atoms with E-state index in [0.717, 1.165) is 18.7 Å². The van der Waals surface area contributed by atoms with Crippen molar-refractivity contribution < 1.29 is 4.79 Å². The van der Waals surface area contributed by atoms with E-state index < -0.39 is 0 Å². The van der Waals surface area contributed by atoms with Gasteiger partial charge in [0.15, 0.2) is 0 Å². The van der Waals surface area contributed by atoms with Crippen LogP contribution in [-0.2, 0) is 0 Å². The van der Waals surface area contributed by atoms with E-state index in [-0.39, 0.29) is 5.91 Å². The average molecular weight is 238 g/mol. The van der Waals surface area contributed by atoms with E-state index in [0.29, 0.717) is 24.6 Å². The molecule has 0 atom stereocenters. The summed E-state index contributed by atoms with van der Waals surface area (Å²) in [5.41, 5.74) is 6.97. The molecule has 17 heavy (non-hydrogen) atoms. The summed E-state index contributed by atoms with van der Waals surface area (Å²) in [7, 11) is 0. The maximum Gasteiger partial charge on any atom is 0.257 e. The van der Waals surface area contributed by atoms with Gasteiger partial charge in [0, 0.05) is 18.8 Å². The summed E-state index contributed by atoms with van der Waals surface area (Å²) in [5, 5.41) is 6.68.